The molecule has 1 unspecified atom stereocenters. The third kappa shape index (κ3) is 4.09. The second kappa shape index (κ2) is 6.88. The van der Waals surface area contributed by atoms with Crippen LogP contribution in [0, 0.1) is 13.8 Å². The van der Waals surface area contributed by atoms with Gasteiger partial charge in [-0.3, -0.25) is 0 Å². The SMILES string of the molecule is Cc1ccc(CNCCC2CNCCO2)cc1C. The van der Waals surface area contributed by atoms with Crippen LogP contribution in [0.3, 0.4) is 0 Å². The van der Waals surface area contributed by atoms with Crippen LogP contribution in [0.25, 0.3) is 0 Å². The first-order valence-electron chi connectivity index (χ1n) is 6.85. The van der Waals surface area contributed by atoms with Crippen molar-refractivity contribution in [3.8, 4) is 0 Å². The molecule has 1 aromatic rings. The van der Waals surface area contributed by atoms with Crippen LogP contribution < -0.4 is 10.6 Å². The van der Waals surface area contributed by atoms with E-state index in [1.807, 2.05) is 0 Å². The molecule has 0 radical (unpaired) electrons. The predicted molar refractivity (Wildman–Crippen MR) is 74.8 cm³/mol. The molecule has 0 aromatic heterocycles. The van der Waals surface area contributed by atoms with Crippen LogP contribution in [0.1, 0.15) is 23.1 Å². The fraction of sp³-hybridized carbons (Fsp3) is 0.600. The predicted octanol–water partition coefficient (Wildman–Crippen LogP) is 1.77. The maximum atomic E-state index is 5.66. The summed E-state index contributed by atoms with van der Waals surface area (Å²) in [7, 11) is 0. The molecular formula is C15H24N2O. The van der Waals surface area contributed by atoms with Gasteiger partial charge in [0.1, 0.15) is 0 Å². The molecule has 1 saturated heterocycles. The van der Waals surface area contributed by atoms with Gasteiger partial charge in [0.2, 0.25) is 0 Å². The lowest BCUT2D eigenvalue weighted by atomic mass is 10.1. The highest BCUT2D eigenvalue weighted by Gasteiger charge is 2.12. The van der Waals surface area contributed by atoms with Gasteiger partial charge in [-0.2, -0.15) is 0 Å². The van der Waals surface area contributed by atoms with Gasteiger partial charge in [-0.25, -0.2) is 0 Å². The van der Waals surface area contributed by atoms with Crippen LogP contribution in [0.2, 0.25) is 0 Å². The largest absolute Gasteiger partial charge is 0.376 e. The number of benzene rings is 1. The molecule has 0 amide bonds. The van der Waals surface area contributed by atoms with Gasteiger partial charge in [0.25, 0.3) is 0 Å². The minimum atomic E-state index is 0.381. The van der Waals surface area contributed by atoms with Gasteiger partial charge in [0, 0.05) is 19.6 Å². The Morgan fingerprint density at radius 2 is 2.22 bits per heavy atom. The summed E-state index contributed by atoms with van der Waals surface area (Å²) in [5.74, 6) is 0. The fourth-order valence-electron chi connectivity index (χ4n) is 2.21. The van der Waals surface area contributed by atoms with Gasteiger partial charge in [0.05, 0.1) is 12.7 Å². The average Bonchev–Trinajstić information content (AvgIpc) is 2.40. The number of hydrogen-bond acceptors (Lipinski definition) is 3. The Morgan fingerprint density at radius 3 is 2.94 bits per heavy atom. The molecule has 0 bridgehead atoms. The minimum Gasteiger partial charge on any atom is -0.376 e. The van der Waals surface area contributed by atoms with E-state index in [1.165, 1.54) is 16.7 Å². The van der Waals surface area contributed by atoms with Crippen molar-refractivity contribution in [2.24, 2.45) is 0 Å². The molecular weight excluding hydrogens is 224 g/mol. The van der Waals surface area contributed by atoms with E-state index in [-0.39, 0.29) is 0 Å². The van der Waals surface area contributed by atoms with Crippen molar-refractivity contribution in [2.75, 3.05) is 26.2 Å². The van der Waals surface area contributed by atoms with Crippen LogP contribution in [0.4, 0.5) is 0 Å². The molecule has 0 saturated carbocycles. The highest BCUT2D eigenvalue weighted by molar-refractivity contribution is 5.29. The van der Waals surface area contributed by atoms with E-state index < -0.39 is 0 Å². The van der Waals surface area contributed by atoms with E-state index in [0.717, 1.165) is 39.2 Å². The number of rotatable bonds is 5. The molecule has 0 spiro atoms. The number of aryl methyl sites for hydroxylation is 2. The first kappa shape index (κ1) is 13.5. The van der Waals surface area contributed by atoms with Crippen LogP contribution in [-0.2, 0) is 11.3 Å². The summed E-state index contributed by atoms with van der Waals surface area (Å²) >= 11 is 0. The Bertz CT molecular complexity index is 373. The average molecular weight is 248 g/mol. The lowest BCUT2D eigenvalue weighted by Gasteiger charge is -2.23. The molecule has 100 valence electrons. The first-order chi connectivity index (χ1) is 8.75. The van der Waals surface area contributed by atoms with Crippen LogP contribution in [0.5, 0.6) is 0 Å². The molecule has 2 rings (SSSR count). The van der Waals surface area contributed by atoms with Gasteiger partial charge in [-0.1, -0.05) is 18.2 Å². The summed E-state index contributed by atoms with van der Waals surface area (Å²) in [6.45, 7) is 9.11. The van der Waals surface area contributed by atoms with Crippen LogP contribution in [0.15, 0.2) is 18.2 Å². The Hall–Kier alpha value is -0.900. The van der Waals surface area contributed by atoms with E-state index in [0.29, 0.717) is 6.10 Å². The highest BCUT2D eigenvalue weighted by Crippen LogP contribution is 2.09. The lowest BCUT2D eigenvalue weighted by molar-refractivity contribution is 0.0238. The molecule has 3 nitrogen and oxygen atoms in total. The molecule has 2 N–H and O–H groups in total. The van der Waals surface area contributed by atoms with Crippen LogP contribution in [-0.4, -0.2) is 32.3 Å². The molecule has 3 heteroatoms. The quantitative estimate of drug-likeness (QED) is 0.779. The molecule has 1 aromatic carbocycles. The maximum absolute atomic E-state index is 5.66. The third-order valence-electron chi connectivity index (χ3n) is 3.55. The van der Waals surface area contributed by atoms with E-state index in [9.17, 15) is 0 Å². The van der Waals surface area contributed by atoms with Crippen LogP contribution >= 0.6 is 0 Å². The van der Waals surface area contributed by atoms with E-state index in [2.05, 4.69) is 42.7 Å². The standard InChI is InChI=1S/C15H24N2O/c1-12-3-4-14(9-13(12)2)10-16-6-5-15-11-17-7-8-18-15/h3-4,9,15-17H,5-8,10-11H2,1-2H3. The summed E-state index contributed by atoms with van der Waals surface area (Å²) < 4.78 is 5.66. The molecule has 1 heterocycles. The van der Waals surface area contributed by atoms with Crippen molar-refractivity contribution >= 4 is 0 Å². The van der Waals surface area contributed by atoms with Gasteiger partial charge in [-0.05, 0) is 43.5 Å². The molecule has 1 aliphatic rings. The summed E-state index contributed by atoms with van der Waals surface area (Å²) in [4.78, 5) is 0. The lowest BCUT2D eigenvalue weighted by Crippen LogP contribution is -2.39. The first-order valence-corrected chi connectivity index (χ1v) is 6.85. The number of nitrogens with one attached hydrogen (secondary N) is 2. The second-order valence-electron chi connectivity index (χ2n) is 5.08. The van der Waals surface area contributed by atoms with Crippen molar-refractivity contribution in [3.05, 3.63) is 34.9 Å². The Morgan fingerprint density at radius 1 is 1.33 bits per heavy atom. The zero-order chi connectivity index (χ0) is 12.8. The van der Waals surface area contributed by atoms with Crippen molar-refractivity contribution in [3.63, 3.8) is 0 Å². The molecule has 18 heavy (non-hydrogen) atoms. The summed E-state index contributed by atoms with van der Waals surface area (Å²) in [5, 5.41) is 6.84. The molecule has 1 aliphatic heterocycles. The number of morpholine rings is 1. The topological polar surface area (TPSA) is 33.3 Å². The Balaban J connectivity index is 1.66. The minimum absolute atomic E-state index is 0.381. The van der Waals surface area contributed by atoms with Gasteiger partial charge in [0.15, 0.2) is 0 Å². The third-order valence-corrected chi connectivity index (χ3v) is 3.55. The van der Waals surface area contributed by atoms with Crippen molar-refractivity contribution < 1.29 is 4.74 Å². The molecule has 1 fully saturated rings. The zero-order valence-electron chi connectivity index (χ0n) is 11.5. The normalized spacial score (nSPS) is 20.0. The van der Waals surface area contributed by atoms with Gasteiger partial charge < -0.3 is 15.4 Å². The monoisotopic (exact) mass is 248 g/mol. The van der Waals surface area contributed by atoms with E-state index >= 15 is 0 Å². The maximum Gasteiger partial charge on any atom is 0.0712 e. The number of hydrogen-bond donors (Lipinski definition) is 2. The Kier molecular flexibility index (Phi) is 5.17. The summed E-state index contributed by atoms with van der Waals surface area (Å²) in [6.07, 6.45) is 1.46. The van der Waals surface area contributed by atoms with E-state index in [1.54, 1.807) is 0 Å². The van der Waals surface area contributed by atoms with Crippen molar-refractivity contribution in [1.82, 2.24) is 10.6 Å². The van der Waals surface area contributed by atoms with E-state index in [4.69, 9.17) is 4.74 Å². The van der Waals surface area contributed by atoms with Crippen molar-refractivity contribution in [2.45, 2.75) is 32.9 Å². The summed E-state index contributed by atoms with van der Waals surface area (Å²) in [5.41, 5.74) is 4.09. The fourth-order valence-corrected chi connectivity index (χ4v) is 2.21. The second-order valence-corrected chi connectivity index (χ2v) is 5.08. The summed E-state index contributed by atoms with van der Waals surface area (Å²) in [6, 6.07) is 6.66. The molecule has 1 atom stereocenters. The zero-order valence-corrected chi connectivity index (χ0v) is 11.5. The Labute approximate surface area is 110 Å². The van der Waals surface area contributed by atoms with Gasteiger partial charge in [-0.15, -0.1) is 0 Å². The highest BCUT2D eigenvalue weighted by atomic mass is 16.5. The van der Waals surface area contributed by atoms with Gasteiger partial charge >= 0.3 is 0 Å². The van der Waals surface area contributed by atoms with Crippen molar-refractivity contribution in [1.29, 1.82) is 0 Å². The smallest absolute Gasteiger partial charge is 0.0712 e. The molecule has 0 aliphatic carbocycles. The number of ether oxygens (including phenoxy) is 1.